The predicted molar refractivity (Wildman–Crippen MR) is 140 cm³/mol. The van der Waals surface area contributed by atoms with Crippen LogP contribution in [0.15, 0.2) is 11.4 Å². The number of hydrogen-bond donors (Lipinski definition) is 2. The van der Waals surface area contributed by atoms with Crippen LogP contribution in [0, 0.1) is 13.8 Å². The molecule has 5 heterocycles. The van der Waals surface area contributed by atoms with Gasteiger partial charge >= 0.3 is 0 Å². The Morgan fingerprint density at radius 2 is 1.79 bits per heavy atom. The average molecular weight is 541 g/mol. The molecule has 0 aromatic carbocycles. The number of aromatic nitrogens is 5. The van der Waals surface area contributed by atoms with Crippen molar-refractivity contribution < 1.29 is 14.4 Å². The third-order valence-corrected chi connectivity index (χ3v) is 8.27. The van der Waals surface area contributed by atoms with Crippen molar-refractivity contribution >= 4 is 34.7 Å². The number of piperidine rings is 1. The van der Waals surface area contributed by atoms with Gasteiger partial charge in [-0.05, 0) is 40.8 Å². The highest BCUT2D eigenvalue weighted by Gasteiger charge is 2.30. The fraction of sp³-hybridized carbons (Fsp3) is 0.542. The van der Waals surface area contributed by atoms with E-state index in [-0.39, 0.29) is 29.5 Å². The van der Waals surface area contributed by atoms with Gasteiger partial charge < -0.3 is 9.80 Å². The first kappa shape index (κ1) is 26.1. The van der Waals surface area contributed by atoms with E-state index in [0.29, 0.717) is 36.7 Å². The number of hydrogen-bond acceptors (Lipinski definition) is 10. The summed E-state index contributed by atoms with van der Waals surface area (Å²) in [4.78, 5) is 48.7. The topological polar surface area (TPSA) is 141 Å². The molecule has 2 aliphatic heterocycles. The fourth-order valence-corrected chi connectivity index (χ4v) is 5.86. The summed E-state index contributed by atoms with van der Waals surface area (Å²) in [6.45, 7) is 7.10. The summed E-state index contributed by atoms with van der Waals surface area (Å²) < 4.78 is 1.65. The molecule has 0 radical (unpaired) electrons. The number of rotatable bonds is 4. The molecule has 2 fully saturated rings. The standard InChI is InChI=1S/C24H32N10O3S/c1-14-11-19-26-27-20(15(2)34(19)30-14)24(37)33-7-5-16(6-8-33)23-25-17(13-38-23)21(35)28-29-22(36)18-12-31(3)9-10-32(18)4/h11,13,16,18H,5-10,12H2,1-4H3,(H,28,35)(H,29,36). The SMILES string of the molecule is Cc1cc2nnc(C(=O)N3CCC(c4nc(C(=O)NNC(=O)C5CN(C)CCN5C)cs4)CC3)c(C)n2n1. The lowest BCUT2D eigenvalue weighted by Gasteiger charge is -2.36. The Kier molecular flexibility index (Phi) is 7.36. The van der Waals surface area contributed by atoms with Crippen molar-refractivity contribution in [2.45, 2.75) is 38.6 Å². The van der Waals surface area contributed by atoms with Crippen molar-refractivity contribution in [1.82, 2.24) is 50.3 Å². The van der Waals surface area contributed by atoms with Gasteiger partial charge in [0.15, 0.2) is 11.3 Å². The largest absolute Gasteiger partial charge is 0.337 e. The van der Waals surface area contributed by atoms with Crippen LogP contribution in [0.4, 0.5) is 0 Å². The zero-order valence-corrected chi connectivity index (χ0v) is 22.8. The quantitative estimate of drug-likeness (QED) is 0.445. The minimum atomic E-state index is -0.446. The Labute approximate surface area is 224 Å². The zero-order chi connectivity index (χ0) is 27.0. The Balaban J connectivity index is 1.15. The van der Waals surface area contributed by atoms with Crippen LogP contribution >= 0.6 is 11.3 Å². The summed E-state index contributed by atoms with van der Waals surface area (Å²) in [6, 6.07) is 1.50. The molecule has 5 rings (SSSR count). The highest BCUT2D eigenvalue weighted by atomic mass is 32.1. The molecule has 0 aliphatic carbocycles. The summed E-state index contributed by atoms with van der Waals surface area (Å²) in [7, 11) is 3.87. The van der Waals surface area contributed by atoms with E-state index in [2.05, 4.69) is 36.0 Å². The number of carbonyl (C=O) groups excluding carboxylic acids is 3. The molecule has 2 aliphatic rings. The Hall–Kier alpha value is -3.49. The molecule has 2 saturated heterocycles. The zero-order valence-electron chi connectivity index (χ0n) is 22.0. The molecule has 1 unspecified atom stereocenters. The number of amides is 3. The monoisotopic (exact) mass is 540 g/mol. The molecule has 3 amide bonds. The summed E-state index contributed by atoms with van der Waals surface area (Å²) >= 11 is 1.42. The molecule has 13 nitrogen and oxygen atoms in total. The number of nitrogens with one attached hydrogen (secondary N) is 2. The first-order valence-electron chi connectivity index (χ1n) is 12.6. The maximum atomic E-state index is 13.2. The molecular weight excluding hydrogens is 508 g/mol. The van der Waals surface area contributed by atoms with E-state index in [1.165, 1.54) is 11.3 Å². The number of aryl methyl sites for hydroxylation is 2. The number of likely N-dealkylation sites (tertiary alicyclic amines) is 1. The number of nitrogens with zero attached hydrogens (tertiary/aromatic N) is 8. The van der Waals surface area contributed by atoms with Gasteiger partial charge in [-0.3, -0.25) is 30.1 Å². The average Bonchev–Trinajstić information content (AvgIpc) is 3.56. The van der Waals surface area contributed by atoms with Gasteiger partial charge in [0.1, 0.15) is 11.7 Å². The van der Waals surface area contributed by atoms with Crippen molar-refractivity contribution in [3.63, 3.8) is 0 Å². The summed E-state index contributed by atoms with van der Waals surface area (Å²) in [5, 5.41) is 15.3. The van der Waals surface area contributed by atoms with E-state index in [1.807, 2.05) is 38.9 Å². The van der Waals surface area contributed by atoms with E-state index in [9.17, 15) is 14.4 Å². The maximum Gasteiger partial charge on any atom is 0.289 e. The molecule has 0 saturated carbocycles. The van der Waals surface area contributed by atoms with Gasteiger partial charge in [0.05, 0.1) is 16.4 Å². The minimum absolute atomic E-state index is 0.148. The number of piperazine rings is 1. The van der Waals surface area contributed by atoms with Crippen LogP contribution in [0.3, 0.4) is 0 Å². The Morgan fingerprint density at radius 3 is 2.55 bits per heavy atom. The first-order chi connectivity index (χ1) is 18.2. The number of carbonyl (C=O) groups is 3. The first-order valence-corrected chi connectivity index (χ1v) is 13.5. The molecule has 3 aromatic heterocycles. The lowest BCUT2D eigenvalue weighted by molar-refractivity contribution is -0.128. The minimum Gasteiger partial charge on any atom is -0.337 e. The van der Waals surface area contributed by atoms with Crippen LogP contribution in [-0.4, -0.2) is 110 Å². The molecule has 1 atom stereocenters. The van der Waals surface area contributed by atoms with Gasteiger partial charge in [0.25, 0.3) is 17.7 Å². The van der Waals surface area contributed by atoms with Crippen molar-refractivity contribution in [2.75, 3.05) is 46.8 Å². The Bertz CT molecular complexity index is 1360. The second-order valence-electron chi connectivity index (χ2n) is 10.0. The van der Waals surface area contributed by atoms with E-state index >= 15 is 0 Å². The van der Waals surface area contributed by atoms with Crippen molar-refractivity contribution in [3.8, 4) is 0 Å². The third kappa shape index (κ3) is 5.24. The maximum absolute atomic E-state index is 13.2. The Morgan fingerprint density at radius 1 is 1.03 bits per heavy atom. The fourth-order valence-electron chi connectivity index (χ4n) is 4.89. The van der Waals surface area contributed by atoms with Crippen molar-refractivity contribution in [1.29, 1.82) is 0 Å². The van der Waals surface area contributed by atoms with E-state index in [4.69, 9.17) is 0 Å². The van der Waals surface area contributed by atoms with Gasteiger partial charge in [-0.15, -0.1) is 21.5 Å². The smallest absolute Gasteiger partial charge is 0.289 e. The lowest BCUT2D eigenvalue weighted by Crippen LogP contribution is -2.59. The molecule has 0 spiro atoms. The highest BCUT2D eigenvalue weighted by Crippen LogP contribution is 2.31. The van der Waals surface area contributed by atoms with Crippen LogP contribution in [0.1, 0.15) is 56.1 Å². The van der Waals surface area contributed by atoms with Gasteiger partial charge in [0.2, 0.25) is 0 Å². The van der Waals surface area contributed by atoms with Crippen LogP contribution in [0.25, 0.3) is 5.65 Å². The molecule has 14 heteroatoms. The molecule has 3 aromatic rings. The van der Waals surface area contributed by atoms with Crippen LogP contribution in [0.2, 0.25) is 0 Å². The second kappa shape index (κ2) is 10.7. The van der Waals surface area contributed by atoms with Gasteiger partial charge in [-0.2, -0.15) is 5.10 Å². The number of fused-ring (bicyclic) bond motifs is 1. The number of hydrazine groups is 1. The van der Waals surface area contributed by atoms with Crippen LogP contribution in [-0.2, 0) is 4.79 Å². The number of likely N-dealkylation sites (N-methyl/N-ethyl adjacent to an activating group) is 2. The molecule has 202 valence electrons. The van der Waals surface area contributed by atoms with Crippen LogP contribution < -0.4 is 10.9 Å². The van der Waals surface area contributed by atoms with Crippen LogP contribution in [0.5, 0.6) is 0 Å². The van der Waals surface area contributed by atoms with E-state index in [1.54, 1.807) is 14.8 Å². The van der Waals surface area contributed by atoms with Crippen molar-refractivity contribution in [3.05, 3.63) is 39.2 Å². The van der Waals surface area contributed by atoms with E-state index < -0.39 is 5.91 Å². The predicted octanol–water partition coefficient (Wildman–Crippen LogP) is 0.224. The van der Waals surface area contributed by atoms with Gasteiger partial charge in [-0.1, -0.05) is 0 Å². The van der Waals surface area contributed by atoms with E-state index in [0.717, 1.165) is 36.6 Å². The summed E-state index contributed by atoms with van der Waals surface area (Å²) in [5.41, 5.74) is 7.71. The second-order valence-corrected chi connectivity index (χ2v) is 10.9. The normalized spacial score (nSPS) is 19.6. The molecule has 38 heavy (non-hydrogen) atoms. The molecular formula is C24H32N10O3S. The molecule has 0 bridgehead atoms. The highest BCUT2D eigenvalue weighted by molar-refractivity contribution is 7.09. The summed E-state index contributed by atoms with van der Waals surface area (Å²) in [5.74, 6) is -0.705. The lowest BCUT2D eigenvalue weighted by atomic mass is 9.97. The van der Waals surface area contributed by atoms with Crippen molar-refractivity contribution in [2.24, 2.45) is 0 Å². The molecule has 2 N–H and O–H groups in total. The summed E-state index contributed by atoms with van der Waals surface area (Å²) in [6.07, 6.45) is 1.46. The third-order valence-electron chi connectivity index (χ3n) is 7.27. The number of thiazole rings is 1. The van der Waals surface area contributed by atoms with Gasteiger partial charge in [-0.25, -0.2) is 9.50 Å². The van der Waals surface area contributed by atoms with Gasteiger partial charge in [0, 0.05) is 50.1 Å².